The van der Waals surface area contributed by atoms with Gasteiger partial charge >= 0.3 is 0 Å². The molecule has 1 fully saturated rings. The molecule has 0 radical (unpaired) electrons. The lowest BCUT2D eigenvalue weighted by Crippen LogP contribution is -2.00. The van der Waals surface area contributed by atoms with Gasteiger partial charge < -0.3 is 4.42 Å². The lowest BCUT2D eigenvalue weighted by molar-refractivity contribution is 0.568. The summed E-state index contributed by atoms with van der Waals surface area (Å²) in [4.78, 5) is 13.3. The highest BCUT2D eigenvalue weighted by atomic mass is 19.1. The summed E-state index contributed by atoms with van der Waals surface area (Å²) in [6.07, 6.45) is -12.5. The molecule has 1 aliphatic rings. The smallest absolute Gasteiger partial charge is 0.144 e. The highest BCUT2D eigenvalue weighted by Gasteiger charge is 2.26. The molecule has 4 aromatic heterocycles. The van der Waals surface area contributed by atoms with Gasteiger partial charge in [0, 0.05) is 69.4 Å². The minimum absolute atomic E-state index is 0.0352. The Morgan fingerprint density at radius 2 is 1.00 bits per heavy atom. The fourth-order valence-electron chi connectivity index (χ4n) is 7.74. The van der Waals surface area contributed by atoms with E-state index in [2.05, 4.69) is 15.0 Å². The second-order valence-corrected chi connectivity index (χ2v) is 14.9. The maximum Gasteiger partial charge on any atom is 0.144 e. The van der Waals surface area contributed by atoms with E-state index in [0.29, 0.717) is 40.6 Å². The molecule has 1 aliphatic carbocycles. The van der Waals surface area contributed by atoms with Crippen LogP contribution in [0.2, 0.25) is 0 Å². The number of benzene rings is 5. The SMILES string of the molecule is [2H]c1cc2c(oc3c(-c4ccc(C([2H])([2H])C([2H])([2H])c5cc(C([2H])([2H])C([2H])([2H])c6ccc(-c7ccccc7)nc6)cc(C([2H])([2H])C([2H])([2H])c6ccc(-c7ccccc7)nc6)c5)cn4)cccc32)c(C2([2H])CCCC2)c1F. The minimum Gasteiger partial charge on any atom is -0.455 e. The van der Waals surface area contributed by atoms with E-state index in [1.54, 1.807) is 18.2 Å². The van der Waals surface area contributed by atoms with Gasteiger partial charge in [0.25, 0.3) is 0 Å². The molecule has 4 nitrogen and oxygen atoms in total. The van der Waals surface area contributed by atoms with Gasteiger partial charge in [-0.3, -0.25) is 15.0 Å². The van der Waals surface area contributed by atoms with Crippen molar-refractivity contribution in [2.45, 2.75) is 69.8 Å². The summed E-state index contributed by atoms with van der Waals surface area (Å²) < 4.78 is 152. The average molecular weight is 812 g/mol. The Morgan fingerprint density at radius 1 is 0.525 bits per heavy atom. The van der Waals surface area contributed by atoms with E-state index in [1.165, 1.54) is 54.9 Å². The van der Waals surface area contributed by atoms with Crippen molar-refractivity contribution < 1.29 is 28.0 Å². The van der Waals surface area contributed by atoms with Crippen LogP contribution in [0, 0.1) is 5.82 Å². The number of para-hydroxylation sites is 1. The summed E-state index contributed by atoms with van der Waals surface area (Å²) in [7, 11) is 0. The van der Waals surface area contributed by atoms with Crippen molar-refractivity contribution >= 4 is 21.9 Å². The number of aromatic nitrogens is 3. The molecule has 61 heavy (non-hydrogen) atoms. The zero-order valence-corrected chi connectivity index (χ0v) is 33.0. The second-order valence-electron chi connectivity index (χ2n) is 14.9. The first kappa shape index (κ1) is 25.8. The fourth-order valence-corrected chi connectivity index (χ4v) is 7.74. The predicted molar refractivity (Wildman–Crippen MR) is 246 cm³/mol. The van der Waals surface area contributed by atoms with Crippen LogP contribution in [0.1, 0.15) is 89.7 Å². The van der Waals surface area contributed by atoms with Crippen molar-refractivity contribution in [1.82, 2.24) is 15.0 Å². The van der Waals surface area contributed by atoms with E-state index in [4.69, 9.17) is 7.16 Å². The number of furan rings is 1. The third-order valence-corrected chi connectivity index (χ3v) is 10.8. The van der Waals surface area contributed by atoms with E-state index < -0.39 is 66.6 Å². The number of pyridine rings is 3. The number of fused-ring (bicyclic) bond motifs is 3. The molecule has 10 rings (SSSR count). The van der Waals surface area contributed by atoms with Gasteiger partial charge in [0.2, 0.25) is 0 Å². The largest absolute Gasteiger partial charge is 0.455 e. The normalized spacial score (nSPS) is 18.4. The summed E-state index contributed by atoms with van der Waals surface area (Å²) in [6.45, 7) is 0. The Labute approximate surface area is 376 Å². The van der Waals surface area contributed by atoms with Crippen LogP contribution in [0.5, 0.6) is 0 Å². The Morgan fingerprint density at radius 3 is 1.49 bits per heavy atom. The molecule has 0 aliphatic heterocycles. The zero-order valence-electron chi connectivity index (χ0n) is 47.0. The highest BCUT2D eigenvalue weighted by molar-refractivity contribution is 6.10. The van der Waals surface area contributed by atoms with Gasteiger partial charge in [-0.15, -0.1) is 0 Å². The first-order valence-electron chi connectivity index (χ1n) is 27.2. The number of hydrogen-bond donors (Lipinski definition) is 0. The van der Waals surface area contributed by atoms with E-state index in [9.17, 15) is 16.4 Å². The van der Waals surface area contributed by atoms with E-state index in [0.717, 1.165) is 48.4 Å². The summed E-state index contributed by atoms with van der Waals surface area (Å²) in [5.74, 6) is -2.08. The first-order valence-corrected chi connectivity index (χ1v) is 20.2. The maximum absolute atomic E-state index is 15.8. The van der Waals surface area contributed by atoms with Gasteiger partial charge in [-0.1, -0.05) is 122 Å². The van der Waals surface area contributed by atoms with Gasteiger partial charge in [0.05, 0.1) is 18.5 Å². The van der Waals surface area contributed by atoms with E-state index in [-0.39, 0.29) is 45.2 Å². The van der Waals surface area contributed by atoms with Gasteiger partial charge in [-0.2, -0.15) is 0 Å². The monoisotopic (exact) mass is 811 g/mol. The fraction of sp³-hybridized carbons (Fsp3) is 0.196. The number of hydrogen-bond acceptors (Lipinski definition) is 4. The molecule has 9 aromatic rings. The van der Waals surface area contributed by atoms with Gasteiger partial charge in [0.1, 0.15) is 17.0 Å². The van der Waals surface area contributed by atoms with Gasteiger partial charge in [-0.25, -0.2) is 4.39 Å². The molecule has 0 spiro atoms. The molecule has 5 heteroatoms. The predicted octanol–water partition coefficient (Wildman–Crippen LogP) is 13.9. The van der Waals surface area contributed by atoms with Crippen LogP contribution in [-0.2, 0) is 38.2 Å². The molecule has 4 heterocycles. The number of nitrogens with zero attached hydrogens (tertiary/aromatic N) is 3. The van der Waals surface area contributed by atoms with Crippen LogP contribution in [0.3, 0.4) is 0 Å². The quantitative estimate of drug-likeness (QED) is 0.116. The van der Waals surface area contributed by atoms with Crippen molar-refractivity contribution in [1.29, 1.82) is 0 Å². The standard InChI is InChI=1S/C56H48FN3O/c57-50-28-27-48-47-16-9-17-49(55(47)61-56(48)54(50)46-14-7-8-15-46)53-31-26-40(37-60-53)20-23-43-33-41(21-18-38-24-29-51(58-35-38)44-10-3-1-4-11-44)32-42(34-43)22-19-39-25-30-52(59-36-39)45-12-5-2-6-13-45/h1-6,9-13,16-17,24-37,46H,7-8,14-15,18-23H2/i18D2,19D2,20D2,21D2,22D2,23D2,28D,46D. The molecular formula is C56H48FN3O. The van der Waals surface area contributed by atoms with Crippen molar-refractivity contribution in [3.05, 3.63) is 209 Å². The molecule has 0 bridgehead atoms. The number of halogens is 1. The second kappa shape index (κ2) is 17.5. The zero-order chi connectivity index (χ0) is 53.5. The maximum atomic E-state index is 15.8. The molecule has 1 saturated carbocycles. The molecule has 5 aromatic carbocycles. The lowest BCUT2D eigenvalue weighted by atomic mass is 9.94. The van der Waals surface area contributed by atoms with Crippen LogP contribution in [0.25, 0.3) is 55.7 Å². The van der Waals surface area contributed by atoms with Gasteiger partial charge in [0.15, 0.2) is 0 Å². The highest BCUT2D eigenvalue weighted by Crippen LogP contribution is 2.43. The minimum atomic E-state index is -3.16. The van der Waals surface area contributed by atoms with E-state index in [1.807, 2.05) is 60.7 Å². The molecule has 0 saturated heterocycles. The van der Waals surface area contributed by atoms with E-state index >= 15 is 4.39 Å². The Balaban J connectivity index is 1.05. The Kier molecular flexibility index (Phi) is 7.39. The van der Waals surface area contributed by atoms with Crippen molar-refractivity contribution in [2.75, 3.05) is 0 Å². The topological polar surface area (TPSA) is 51.8 Å². The van der Waals surface area contributed by atoms with Crippen molar-refractivity contribution in [3.8, 4) is 33.8 Å². The summed E-state index contributed by atoms with van der Waals surface area (Å²) >= 11 is 0. The van der Waals surface area contributed by atoms with Crippen molar-refractivity contribution in [3.63, 3.8) is 0 Å². The molecule has 0 atom stereocenters. The molecule has 0 unspecified atom stereocenters. The van der Waals surface area contributed by atoms with Crippen LogP contribution in [-0.4, -0.2) is 15.0 Å². The number of rotatable bonds is 13. The lowest BCUT2D eigenvalue weighted by Gasteiger charge is -2.12. The van der Waals surface area contributed by atoms with Crippen LogP contribution < -0.4 is 0 Å². The molecule has 0 N–H and O–H groups in total. The third-order valence-electron chi connectivity index (χ3n) is 10.8. The number of aryl methyl sites for hydroxylation is 6. The molecule has 300 valence electrons. The summed E-state index contributed by atoms with van der Waals surface area (Å²) in [6, 6.07) is 35.7. The van der Waals surface area contributed by atoms with Gasteiger partial charge in [-0.05, 0) is 127 Å². The first-order chi connectivity index (χ1) is 35.4. The van der Waals surface area contributed by atoms with Crippen molar-refractivity contribution in [2.24, 2.45) is 0 Å². The third kappa shape index (κ3) is 8.51. The Bertz CT molecular complexity index is 3460. The average Bonchev–Trinajstić information content (AvgIpc) is 4.02. The van der Waals surface area contributed by atoms with Crippen LogP contribution >= 0.6 is 0 Å². The molecular weight excluding hydrogens is 750 g/mol. The Hall–Kier alpha value is -6.72. The van der Waals surface area contributed by atoms with Crippen LogP contribution in [0.15, 0.2) is 169 Å². The summed E-state index contributed by atoms with van der Waals surface area (Å²) in [5, 5.41) is 1.00. The molecule has 0 amide bonds. The van der Waals surface area contributed by atoms with Crippen LogP contribution in [0.4, 0.5) is 4.39 Å². The summed E-state index contributed by atoms with van der Waals surface area (Å²) in [5.41, 5.74) is 1.12.